The number of amidine groups is 1. The Hall–Kier alpha value is -0.610. The molecule has 0 bridgehead atoms. The predicted octanol–water partition coefficient (Wildman–Crippen LogP) is 3.12. The van der Waals surface area contributed by atoms with Crippen LogP contribution in [0.3, 0.4) is 0 Å². The van der Waals surface area contributed by atoms with Gasteiger partial charge >= 0.3 is 0 Å². The standard InChI is InChI=1S/C9H9BrClFN2/c1-5-7(14-8(13)4-11)3-2-6(12)9(5)10/h2-3H,4H2,1H3,(H2,13,14). The molecule has 76 valence electrons. The van der Waals surface area contributed by atoms with Crippen LogP contribution < -0.4 is 5.73 Å². The third kappa shape index (κ3) is 2.45. The molecule has 0 aliphatic rings. The summed E-state index contributed by atoms with van der Waals surface area (Å²) < 4.78 is 13.4. The minimum atomic E-state index is -0.314. The molecule has 0 saturated carbocycles. The molecule has 14 heavy (non-hydrogen) atoms. The topological polar surface area (TPSA) is 38.4 Å². The third-order valence-corrected chi connectivity index (χ3v) is 2.96. The van der Waals surface area contributed by atoms with E-state index in [1.165, 1.54) is 6.07 Å². The number of aliphatic imine (C=N–C) groups is 1. The second kappa shape index (κ2) is 4.75. The first-order valence-electron chi connectivity index (χ1n) is 3.90. The molecule has 0 aromatic heterocycles. The average molecular weight is 280 g/mol. The van der Waals surface area contributed by atoms with Crippen molar-refractivity contribution in [3.05, 3.63) is 28.0 Å². The van der Waals surface area contributed by atoms with Crippen molar-refractivity contribution < 1.29 is 4.39 Å². The van der Waals surface area contributed by atoms with Gasteiger partial charge in [0.05, 0.1) is 16.0 Å². The van der Waals surface area contributed by atoms with E-state index in [-0.39, 0.29) is 11.7 Å². The molecule has 0 unspecified atom stereocenters. The van der Waals surface area contributed by atoms with Crippen LogP contribution in [0.25, 0.3) is 0 Å². The lowest BCUT2D eigenvalue weighted by Crippen LogP contribution is -2.12. The Kier molecular flexibility index (Phi) is 3.89. The summed E-state index contributed by atoms with van der Waals surface area (Å²) >= 11 is 8.61. The number of benzene rings is 1. The molecule has 0 atom stereocenters. The molecule has 0 aliphatic heterocycles. The van der Waals surface area contributed by atoms with Crippen molar-refractivity contribution in [1.29, 1.82) is 0 Å². The lowest BCUT2D eigenvalue weighted by molar-refractivity contribution is 0.620. The van der Waals surface area contributed by atoms with Gasteiger partial charge in [-0.1, -0.05) is 0 Å². The molecule has 0 fully saturated rings. The maximum atomic E-state index is 13.0. The summed E-state index contributed by atoms with van der Waals surface area (Å²) in [5.74, 6) is 0.160. The van der Waals surface area contributed by atoms with Crippen LogP contribution in [0.15, 0.2) is 21.6 Å². The summed E-state index contributed by atoms with van der Waals surface area (Å²) in [6, 6.07) is 2.90. The smallest absolute Gasteiger partial charge is 0.137 e. The van der Waals surface area contributed by atoms with E-state index in [9.17, 15) is 4.39 Å². The van der Waals surface area contributed by atoms with Gasteiger partial charge in [0.25, 0.3) is 0 Å². The van der Waals surface area contributed by atoms with Gasteiger partial charge in [0.2, 0.25) is 0 Å². The van der Waals surface area contributed by atoms with Crippen molar-refractivity contribution in [1.82, 2.24) is 0 Å². The fourth-order valence-corrected chi connectivity index (χ4v) is 1.34. The number of hydrogen-bond donors (Lipinski definition) is 1. The average Bonchev–Trinajstić information content (AvgIpc) is 2.19. The van der Waals surface area contributed by atoms with E-state index in [0.717, 1.165) is 0 Å². The van der Waals surface area contributed by atoms with E-state index in [0.29, 0.717) is 21.6 Å². The zero-order valence-corrected chi connectivity index (χ0v) is 9.86. The molecule has 1 aromatic carbocycles. The van der Waals surface area contributed by atoms with Crippen LogP contribution in [0.2, 0.25) is 0 Å². The zero-order chi connectivity index (χ0) is 10.7. The quantitative estimate of drug-likeness (QED) is 0.504. The lowest BCUT2D eigenvalue weighted by Gasteiger charge is -2.04. The fourth-order valence-electron chi connectivity index (χ4n) is 0.948. The minimum Gasteiger partial charge on any atom is -0.386 e. The molecule has 2 nitrogen and oxygen atoms in total. The normalized spacial score (nSPS) is 11.9. The molecule has 0 heterocycles. The van der Waals surface area contributed by atoms with E-state index < -0.39 is 0 Å². The van der Waals surface area contributed by atoms with Crippen LogP contribution in [-0.4, -0.2) is 11.7 Å². The molecule has 1 aromatic rings. The number of nitrogens with zero attached hydrogens (tertiary/aromatic N) is 1. The number of nitrogens with two attached hydrogens (primary N) is 1. The summed E-state index contributed by atoms with van der Waals surface area (Å²) in [5, 5.41) is 0. The third-order valence-electron chi connectivity index (χ3n) is 1.71. The first-order valence-corrected chi connectivity index (χ1v) is 5.22. The van der Waals surface area contributed by atoms with Crippen LogP contribution in [0.5, 0.6) is 0 Å². The Morgan fingerprint density at radius 3 is 2.86 bits per heavy atom. The van der Waals surface area contributed by atoms with Gasteiger partial charge in [-0.25, -0.2) is 9.38 Å². The molecule has 0 amide bonds. The van der Waals surface area contributed by atoms with E-state index in [4.69, 9.17) is 17.3 Å². The predicted molar refractivity (Wildman–Crippen MR) is 60.8 cm³/mol. The first-order chi connectivity index (χ1) is 6.56. The van der Waals surface area contributed by atoms with E-state index in [2.05, 4.69) is 20.9 Å². The van der Waals surface area contributed by atoms with E-state index in [1.807, 2.05) is 0 Å². The van der Waals surface area contributed by atoms with Crippen LogP contribution in [0.4, 0.5) is 10.1 Å². The Bertz CT molecular complexity index is 379. The van der Waals surface area contributed by atoms with Crippen molar-refractivity contribution in [2.45, 2.75) is 6.92 Å². The maximum Gasteiger partial charge on any atom is 0.137 e. The van der Waals surface area contributed by atoms with Gasteiger partial charge < -0.3 is 5.73 Å². The van der Waals surface area contributed by atoms with Gasteiger partial charge in [0.15, 0.2) is 0 Å². The number of hydrogen-bond acceptors (Lipinski definition) is 1. The highest BCUT2D eigenvalue weighted by Gasteiger charge is 2.06. The summed E-state index contributed by atoms with van der Waals surface area (Å²) in [7, 11) is 0. The van der Waals surface area contributed by atoms with E-state index >= 15 is 0 Å². The monoisotopic (exact) mass is 278 g/mol. The Morgan fingerprint density at radius 2 is 2.29 bits per heavy atom. The largest absolute Gasteiger partial charge is 0.386 e. The summed E-state index contributed by atoms with van der Waals surface area (Å²) in [4.78, 5) is 4.04. The van der Waals surface area contributed by atoms with Gasteiger partial charge in [-0.05, 0) is 40.5 Å². The van der Waals surface area contributed by atoms with Gasteiger partial charge in [0, 0.05) is 0 Å². The van der Waals surface area contributed by atoms with Gasteiger partial charge in [-0.15, -0.1) is 11.6 Å². The van der Waals surface area contributed by atoms with Crippen molar-refractivity contribution in [3.63, 3.8) is 0 Å². The molecule has 0 saturated heterocycles. The Morgan fingerprint density at radius 1 is 1.64 bits per heavy atom. The molecular formula is C9H9BrClFN2. The number of alkyl halides is 1. The number of halogens is 3. The zero-order valence-electron chi connectivity index (χ0n) is 7.52. The minimum absolute atomic E-state index is 0.161. The molecular weight excluding hydrogens is 270 g/mol. The second-order valence-corrected chi connectivity index (χ2v) is 3.80. The molecule has 2 N–H and O–H groups in total. The van der Waals surface area contributed by atoms with Crippen LogP contribution in [0, 0.1) is 12.7 Å². The summed E-state index contributed by atoms with van der Waals surface area (Å²) in [6.45, 7) is 1.76. The van der Waals surface area contributed by atoms with Crippen molar-refractivity contribution in [2.75, 3.05) is 5.88 Å². The van der Waals surface area contributed by atoms with Gasteiger partial charge in [0.1, 0.15) is 11.7 Å². The van der Waals surface area contributed by atoms with Gasteiger partial charge in [-0.2, -0.15) is 0 Å². The molecule has 1 rings (SSSR count). The fraction of sp³-hybridized carbons (Fsp3) is 0.222. The highest BCUT2D eigenvalue weighted by atomic mass is 79.9. The van der Waals surface area contributed by atoms with Crippen molar-refractivity contribution in [2.24, 2.45) is 10.7 Å². The SMILES string of the molecule is Cc1c(N=C(N)CCl)ccc(F)c1Br. The Balaban J connectivity index is 3.18. The lowest BCUT2D eigenvalue weighted by atomic mass is 10.2. The second-order valence-electron chi connectivity index (χ2n) is 2.74. The van der Waals surface area contributed by atoms with Crippen LogP contribution in [0.1, 0.15) is 5.56 Å². The molecule has 0 spiro atoms. The van der Waals surface area contributed by atoms with Gasteiger partial charge in [-0.3, -0.25) is 0 Å². The highest BCUT2D eigenvalue weighted by Crippen LogP contribution is 2.28. The maximum absolute atomic E-state index is 13.0. The number of rotatable bonds is 2. The Labute approximate surface area is 95.1 Å². The molecule has 0 radical (unpaired) electrons. The van der Waals surface area contributed by atoms with Crippen molar-refractivity contribution in [3.8, 4) is 0 Å². The van der Waals surface area contributed by atoms with Crippen molar-refractivity contribution >= 4 is 39.1 Å². The summed E-state index contributed by atoms with van der Waals surface area (Å²) in [5.41, 5.74) is 6.80. The molecule has 0 aliphatic carbocycles. The van der Waals surface area contributed by atoms with Crippen LogP contribution >= 0.6 is 27.5 Å². The van der Waals surface area contributed by atoms with E-state index in [1.54, 1.807) is 13.0 Å². The first kappa shape index (κ1) is 11.5. The molecule has 5 heteroatoms. The van der Waals surface area contributed by atoms with Crippen LogP contribution in [-0.2, 0) is 0 Å². The highest BCUT2D eigenvalue weighted by molar-refractivity contribution is 9.10. The summed E-state index contributed by atoms with van der Waals surface area (Å²) in [6.07, 6.45) is 0.